The van der Waals surface area contributed by atoms with Gasteiger partial charge in [-0.25, -0.2) is 4.98 Å². The maximum absolute atomic E-state index is 13.0. The van der Waals surface area contributed by atoms with Gasteiger partial charge < -0.3 is 15.0 Å². The smallest absolute Gasteiger partial charge is 0.403 e. The van der Waals surface area contributed by atoms with E-state index in [2.05, 4.69) is 16.9 Å². The van der Waals surface area contributed by atoms with Gasteiger partial charge in [-0.2, -0.15) is 13.2 Å². The van der Waals surface area contributed by atoms with E-state index in [1.54, 1.807) is 4.57 Å². The Hall–Kier alpha value is -3.65. The molecule has 0 saturated carbocycles. The molecule has 1 aromatic heterocycles. The number of aliphatic hydroxyl groups excluding tert-OH is 1. The molecular formula is C27H28F3N3O2. The molecule has 184 valence electrons. The summed E-state index contributed by atoms with van der Waals surface area (Å²) in [6.07, 6.45) is -0.126. The Labute approximate surface area is 202 Å². The van der Waals surface area contributed by atoms with E-state index in [0.29, 0.717) is 18.7 Å². The van der Waals surface area contributed by atoms with E-state index in [0.717, 1.165) is 24.1 Å². The number of hydrogen-bond acceptors (Lipinski definition) is 4. The summed E-state index contributed by atoms with van der Waals surface area (Å²) in [6, 6.07) is 18.2. The van der Waals surface area contributed by atoms with Crippen LogP contribution in [0.25, 0.3) is 6.08 Å². The van der Waals surface area contributed by atoms with Crippen LogP contribution in [-0.4, -0.2) is 32.7 Å². The quantitative estimate of drug-likeness (QED) is 0.267. The molecule has 1 heterocycles. The van der Waals surface area contributed by atoms with Gasteiger partial charge in [-0.3, -0.25) is 4.79 Å². The van der Waals surface area contributed by atoms with E-state index in [9.17, 15) is 23.1 Å². The second-order valence-electron chi connectivity index (χ2n) is 8.16. The van der Waals surface area contributed by atoms with Crippen molar-refractivity contribution in [2.24, 2.45) is 0 Å². The molecule has 0 aliphatic rings. The highest BCUT2D eigenvalue weighted by atomic mass is 19.4. The normalized spacial score (nSPS) is 13.1. The standard InChI is InChI=1S/C27H28F3N3O2/c1-3-24(34)25(35)16-26-32-18-22(17-31-19(2)27(28,29)30)33(26)15-14-23(20-10-6-4-7-11-20)21-12-8-5-9-13-21/h3-13,16,18-19,23,31,35H,1,14-15,17H2,2H3/b25-16-/t19-/m1/s1. The Morgan fingerprint density at radius 3 is 2.20 bits per heavy atom. The fraction of sp³-hybridized carbons (Fsp3) is 0.259. The Balaban J connectivity index is 1.93. The third-order valence-electron chi connectivity index (χ3n) is 5.80. The number of rotatable bonds is 11. The summed E-state index contributed by atoms with van der Waals surface area (Å²) in [6.45, 7) is 4.72. The first-order valence-electron chi connectivity index (χ1n) is 11.2. The van der Waals surface area contributed by atoms with Gasteiger partial charge in [0.15, 0.2) is 5.76 Å². The van der Waals surface area contributed by atoms with Gasteiger partial charge in [0.05, 0.1) is 11.9 Å². The molecular weight excluding hydrogens is 455 g/mol. The first-order valence-corrected chi connectivity index (χ1v) is 11.2. The maximum atomic E-state index is 13.0. The van der Waals surface area contributed by atoms with Crippen molar-refractivity contribution < 1.29 is 23.1 Å². The van der Waals surface area contributed by atoms with Crippen molar-refractivity contribution in [1.29, 1.82) is 0 Å². The number of aliphatic hydroxyl groups is 1. The topological polar surface area (TPSA) is 67.2 Å². The number of imidazole rings is 1. The van der Waals surface area contributed by atoms with Crippen molar-refractivity contribution in [2.75, 3.05) is 0 Å². The molecule has 0 saturated heterocycles. The Morgan fingerprint density at radius 1 is 1.11 bits per heavy atom. The van der Waals surface area contributed by atoms with Crippen LogP contribution in [0.3, 0.4) is 0 Å². The predicted octanol–water partition coefficient (Wildman–Crippen LogP) is 5.80. The van der Waals surface area contributed by atoms with Crippen LogP contribution in [0.5, 0.6) is 0 Å². The molecule has 0 bridgehead atoms. The van der Waals surface area contributed by atoms with Crippen LogP contribution >= 0.6 is 0 Å². The minimum Gasteiger partial charge on any atom is -0.504 e. The minimum atomic E-state index is -4.38. The van der Waals surface area contributed by atoms with Crippen molar-refractivity contribution in [1.82, 2.24) is 14.9 Å². The molecule has 8 heteroatoms. The fourth-order valence-corrected chi connectivity index (χ4v) is 3.77. The van der Waals surface area contributed by atoms with E-state index in [1.807, 2.05) is 60.7 Å². The van der Waals surface area contributed by atoms with Crippen LogP contribution in [0, 0.1) is 0 Å². The molecule has 1 atom stereocenters. The molecule has 0 unspecified atom stereocenters. The van der Waals surface area contributed by atoms with Gasteiger partial charge in [0, 0.05) is 25.1 Å². The maximum Gasteiger partial charge on any atom is 0.403 e. The van der Waals surface area contributed by atoms with Crippen molar-refractivity contribution in [2.45, 2.75) is 44.6 Å². The number of benzene rings is 2. The number of alkyl halides is 3. The zero-order valence-corrected chi connectivity index (χ0v) is 19.4. The highest BCUT2D eigenvalue weighted by Gasteiger charge is 2.35. The van der Waals surface area contributed by atoms with Crippen molar-refractivity contribution >= 4 is 11.9 Å². The predicted molar refractivity (Wildman–Crippen MR) is 130 cm³/mol. The lowest BCUT2D eigenvalue weighted by molar-refractivity contribution is -0.151. The molecule has 0 aliphatic carbocycles. The summed E-state index contributed by atoms with van der Waals surface area (Å²) in [5.74, 6) is -0.918. The lowest BCUT2D eigenvalue weighted by Crippen LogP contribution is -2.39. The zero-order valence-electron chi connectivity index (χ0n) is 19.4. The average molecular weight is 484 g/mol. The Kier molecular flexibility index (Phi) is 8.65. The number of carbonyl (C=O) groups is 1. The van der Waals surface area contributed by atoms with Gasteiger partial charge in [0.1, 0.15) is 11.9 Å². The summed E-state index contributed by atoms with van der Waals surface area (Å²) >= 11 is 0. The lowest BCUT2D eigenvalue weighted by Gasteiger charge is -2.21. The van der Waals surface area contributed by atoms with E-state index in [1.165, 1.54) is 12.3 Å². The van der Waals surface area contributed by atoms with Crippen molar-refractivity contribution in [3.8, 4) is 0 Å². The van der Waals surface area contributed by atoms with Crippen LogP contribution in [0.1, 0.15) is 41.9 Å². The number of carbonyl (C=O) groups excluding carboxylic acids is 1. The molecule has 0 aliphatic heterocycles. The summed E-state index contributed by atoms with van der Waals surface area (Å²) < 4.78 is 40.8. The molecule has 5 nitrogen and oxygen atoms in total. The summed E-state index contributed by atoms with van der Waals surface area (Å²) in [4.78, 5) is 16.0. The van der Waals surface area contributed by atoms with Crippen molar-refractivity contribution in [3.05, 3.63) is 108 Å². The van der Waals surface area contributed by atoms with Crippen LogP contribution in [0.15, 0.2) is 85.3 Å². The van der Waals surface area contributed by atoms with E-state index < -0.39 is 23.8 Å². The third-order valence-corrected chi connectivity index (χ3v) is 5.80. The van der Waals surface area contributed by atoms with E-state index in [4.69, 9.17) is 0 Å². The zero-order chi connectivity index (χ0) is 25.4. The van der Waals surface area contributed by atoms with Crippen LogP contribution in [0.4, 0.5) is 13.2 Å². The number of nitrogens with zero attached hydrogens (tertiary/aromatic N) is 2. The summed E-state index contributed by atoms with van der Waals surface area (Å²) in [5, 5.41) is 12.6. The highest BCUT2D eigenvalue weighted by molar-refractivity contribution is 6.04. The number of nitrogens with one attached hydrogen (secondary N) is 1. The Morgan fingerprint density at radius 2 is 1.69 bits per heavy atom. The van der Waals surface area contributed by atoms with Gasteiger partial charge in [-0.05, 0) is 30.5 Å². The first kappa shape index (κ1) is 26.0. The monoisotopic (exact) mass is 483 g/mol. The lowest BCUT2D eigenvalue weighted by atomic mass is 9.88. The summed E-state index contributed by atoms with van der Waals surface area (Å²) in [5.41, 5.74) is 2.71. The van der Waals surface area contributed by atoms with E-state index >= 15 is 0 Å². The molecule has 0 amide bonds. The van der Waals surface area contributed by atoms with Gasteiger partial charge >= 0.3 is 6.18 Å². The number of hydrogen-bond donors (Lipinski definition) is 2. The van der Waals surface area contributed by atoms with Crippen LogP contribution in [0.2, 0.25) is 0 Å². The first-order chi connectivity index (χ1) is 16.7. The molecule has 2 aromatic carbocycles. The molecule has 0 radical (unpaired) electrons. The fourth-order valence-electron chi connectivity index (χ4n) is 3.77. The third kappa shape index (κ3) is 6.93. The van der Waals surface area contributed by atoms with Crippen LogP contribution in [-0.2, 0) is 17.9 Å². The minimum absolute atomic E-state index is 0.0231. The second kappa shape index (κ2) is 11.7. The molecule has 0 spiro atoms. The van der Waals surface area contributed by atoms with Gasteiger partial charge in [0.2, 0.25) is 5.78 Å². The Bertz CT molecular complexity index is 1120. The second-order valence-corrected chi connectivity index (χ2v) is 8.16. The SMILES string of the molecule is C=CC(=O)/C(O)=C/c1ncc(CN[C@H](C)C(F)(F)F)n1CCC(c1ccccc1)c1ccccc1. The molecule has 3 aromatic rings. The van der Waals surface area contributed by atoms with E-state index in [-0.39, 0.29) is 18.3 Å². The van der Waals surface area contributed by atoms with Crippen LogP contribution < -0.4 is 5.32 Å². The highest BCUT2D eigenvalue weighted by Crippen LogP contribution is 2.29. The van der Waals surface area contributed by atoms with Gasteiger partial charge in [-0.1, -0.05) is 67.2 Å². The van der Waals surface area contributed by atoms with Gasteiger partial charge in [0.25, 0.3) is 0 Å². The molecule has 35 heavy (non-hydrogen) atoms. The molecule has 2 N–H and O–H groups in total. The largest absolute Gasteiger partial charge is 0.504 e. The molecule has 3 rings (SSSR count). The average Bonchev–Trinajstić information content (AvgIpc) is 3.23. The summed E-state index contributed by atoms with van der Waals surface area (Å²) in [7, 11) is 0. The van der Waals surface area contributed by atoms with Gasteiger partial charge in [-0.15, -0.1) is 0 Å². The number of aromatic nitrogens is 2. The van der Waals surface area contributed by atoms with Crippen molar-refractivity contribution in [3.63, 3.8) is 0 Å². The number of halogens is 3. The molecule has 0 fully saturated rings. The number of ketones is 1. The number of allylic oxidation sites excluding steroid dienone is 1.